The molecule has 5 nitrogen and oxygen atoms in total. The Hall–Kier alpha value is -2.34. The van der Waals surface area contributed by atoms with Gasteiger partial charge in [-0.3, -0.25) is 0 Å². The van der Waals surface area contributed by atoms with Gasteiger partial charge in [-0.25, -0.2) is 13.9 Å². The Labute approximate surface area is 151 Å². The standard InChI is InChI=1S/C18H21ClFN3O2/c1-5-25-15(24)9-7-12-16(11-6-8-13(19)14(20)10-11)22-23(17(12)21)18(2,3)4/h6-10H,5,21H2,1-4H3/b9-7+. The minimum absolute atomic E-state index is 0.0237. The van der Waals surface area contributed by atoms with Crippen molar-refractivity contribution in [2.45, 2.75) is 33.2 Å². The Morgan fingerprint density at radius 3 is 2.68 bits per heavy atom. The summed E-state index contributed by atoms with van der Waals surface area (Å²) >= 11 is 5.75. The Morgan fingerprint density at radius 1 is 1.44 bits per heavy atom. The normalized spacial score (nSPS) is 11.9. The molecule has 0 saturated heterocycles. The molecular weight excluding hydrogens is 345 g/mol. The predicted octanol–water partition coefficient (Wildman–Crippen LogP) is 4.26. The number of benzene rings is 1. The fourth-order valence-electron chi connectivity index (χ4n) is 2.32. The minimum Gasteiger partial charge on any atom is -0.463 e. The number of ether oxygens (including phenoxy) is 1. The number of nitrogen functional groups attached to an aromatic ring is 1. The first-order valence-corrected chi connectivity index (χ1v) is 8.22. The first-order valence-electron chi connectivity index (χ1n) is 7.84. The summed E-state index contributed by atoms with van der Waals surface area (Å²) in [5.41, 5.74) is 7.34. The number of carbonyl (C=O) groups excluding carboxylic acids is 1. The number of hydrogen-bond donors (Lipinski definition) is 1. The number of nitrogens with two attached hydrogens (primary N) is 1. The maximum absolute atomic E-state index is 13.9. The molecule has 25 heavy (non-hydrogen) atoms. The van der Waals surface area contributed by atoms with Crippen molar-refractivity contribution in [3.63, 3.8) is 0 Å². The summed E-state index contributed by atoms with van der Waals surface area (Å²) in [6.45, 7) is 7.83. The van der Waals surface area contributed by atoms with Gasteiger partial charge in [0, 0.05) is 17.2 Å². The summed E-state index contributed by atoms with van der Waals surface area (Å²) in [5.74, 6) is -0.666. The monoisotopic (exact) mass is 365 g/mol. The van der Waals surface area contributed by atoms with Gasteiger partial charge in [0.1, 0.15) is 17.3 Å². The van der Waals surface area contributed by atoms with E-state index < -0.39 is 11.8 Å². The van der Waals surface area contributed by atoms with Crippen LogP contribution in [-0.4, -0.2) is 22.4 Å². The van der Waals surface area contributed by atoms with E-state index in [0.717, 1.165) is 0 Å². The lowest BCUT2D eigenvalue weighted by Gasteiger charge is -2.20. The average molecular weight is 366 g/mol. The number of aromatic nitrogens is 2. The summed E-state index contributed by atoms with van der Waals surface area (Å²) < 4.78 is 20.4. The van der Waals surface area contributed by atoms with Crippen LogP contribution < -0.4 is 5.73 Å². The zero-order valence-corrected chi connectivity index (χ0v) is 15.4. The maximum atomic E-state index is 13.9. The van der Waals surface area contributed by atoms with Gasteiger partial charge in [-0.15, -0.1) is 0 Å². The van der Waals surface area contributed by atoms with Gasteiger partial charge >= 0.3 is 5.97 Å². The second-order valence-electron chi connectivity index (χ2n) is 6.44. The molecule has 0 amide bonds. The maximum Gasteiger partial charge on any atom is 0.330 e. The van der Waals surface area contributed by atoms with E-state index in [2.05, 4.69) is 5.10 Å². The Balaban J connectivity index is 2.60. The molecule has 2 rings (SSSR count). The highest BCUT2D eigenvalue weighted by molar-refractivity contribution is 6.30. The fraction of sp³-hybridized carbons (Fsp3) is 0.333. The molecule has 0 atom stereocenters. The van der Waals surface area contributed by atoms with E-state index in [4.69, 9.17) is 22.1 Å². The Bertz CT molecular complexity index is 822. The summed E-state index contributed by atoms with van der Waals surface area (Å²) in [5, 5.41) is 4.55. The molecule has 1 aromatic heterocycles. The summed E-state index contributed by atoms with van der Waals surface area (Å²) in [7, 11) is 0. The molecule has 0 unspecified atom stereocenters. The van der Waals surface area contributed by atoms with Crippen molar-refractivity contribution in [2.75, 3.05) is 12.3 Å². The zero-order chi connectivity index (χ0) is 18.8. The van der Waals surface area contributed by atoms with E-state index in [-0.39, 0.29) is 17.2 Å². The highest BCUT2D eigenvalue weighted by atomic mass is 35.5. The number of halogens is 2. The van der Waals surface area contributed by atoms with Gasteiger partial charge in [0.2, 0.25) is 0 Å². The number of esters is 1. The zero-order valence-electron chi connectivity index (χ0n) is 14.6. The molecule has 134 valence electrons. The van der Waals surface area contributed by atoms with E-state index in [9.17, 15) is 9.18 Å². The number of anilines is 1. The number of nitrogens with zero attached hydrogens (tertiary/aromatic N) is 2. The molecular formula is C18H21ClFN3O2. The second-order valence-corrected chi connectivity index (χ2v) is 6.85. The van der Waals surface area contributed by atoms with Gasteiger partial charge < -0.3 is 10.5 Å². The molecule has 0 saturated carbocycles. The van der Waals surface area contributed by atoms with Crippen LogP contribution in [0, 0.1) is 5.82 Å². The van der Waals surface area contributed by atoms with Crippen LogP contribution in [0.1, 0.15) is 33.3 Å². The van der Waals surface area contributed by atoms with Crippen LogP contribution in [0.2, 0.25) is 5.02 Å². The molecule has 1 aromatic carbocycles. The van der Waals surface area contributed by atoms with Crippen LogP contribution in [0.15, 0.2) is 24.3 Å². The number of hydrogen-bond acceptors (Lipinski definition) is 4. The van der Waals surface area contributed by atoms with Crippen LogP contribution in [0.3, 0.4) is 0 Å². The van der Waals surface area contributed by atoms with Crippen LogP contribution in [0.4, 0.5) is 10.2 Å². The van der Waals surface area contributed by atoms with Gasteiger partial charge in [0.25, 0.3) is 0 Å². The molecule has 2 aromatic rings. The predicted molar refractivity (Wildman–Crippen MR) is 97.7 cm³/mol. The molecule has 1 heterocycles. The van der Waals surface area contributed by atoms with Gasteiger partial charge in [-0.1, -0.05) is 17.7 Å². The van der Waals surface area contributed by atoms with Gasteiger partial charge in [-0.05, 0) is 45.9 Å². The lowest BCUT2D eigenvalue weighted by molar-refractivity contribution is -0.137. The summed E-state index contributed by atoms with van der Waals surface area (Å²) in [4.78, 5) is 11.6. The molecule has 0 radical (unpaired) electrons. The van der Waals surface area contributed by atoms with Crippen molar-refractivity contribution >= 4 is 29.5 Å². The first-order chi connectivity index (χ1) is 11.6. The second kappa shape index (κ2) is 7.27. The highest BCUT2D eigenvalue weighted by Gasteiger charge is 2.23. The number of carbonyl (C=O) groups is 1. The molecule has 7 heteroatoms. The van der Waals surface area contributed by atoms with Crippen LogP contribution >= 0.6 is 11.6 Å². The lowest BCUT2D eigenvalue weighted by atomic mass is 10.1. The molecule has 0 fully saturated rings. The largest absolute Gasteiger partial charge is 0.463 e. The smallest absolute Gasteiger partial charge is 0.330 e. The van der Waals surface area contributed by atoms with Crippen molar-refractivity contribution in [2.24, 2.45) is 0 Å². The van der Waals surface area contributed by atoms with Crippen molar-refractivity contribution in [3.05, 3.63) is 40.7 Å². The third kappa shape index (κ3) is 4.20. The topological polar surface area (TPSA) is 70.1 Å². The number of rotatable bonds is 4. The van der Waals surface area contributed by atoms with E-state index in [1.54, 1.807) is 17.7 Å². The van der Waals surface area contributed by atoms with Crippen molar-refractivity contribution < 1.29 is 13.9 Å². The molecule has 0 bridgehead atoms. The molecule has 0 aliphatic rings. The Morgan fingerprint density at radius 2 is 2.12 bits per heavy atom. The molecule has 0 aliphatic heterocycles. The van der Waals surface area contributed by atoms with Crippen molar-refractivity contribution in [1.82, 2.24) is 9.78 Å². The first kappa shape index (κ1) is 19.0. The fourth-order valence-corrected chi connectivity index (χ4v) is 2.43. The van der Waals surface area contributed by atoms with Gasteiger partial charge in [0.05, 0.1) is 17.2 Å². The SMILES string of the molecule is CCOC(=O)/C=C/c1c(-c2ccc(Cl)c(F)c2)nn(C(C)(C)C)c1N. The van der Waals surface area contributed by atoms with Gasteiger partial charge in [0.15, 0.2) is 0 Å². The van der Waals surface area contributed by atoms with Crippen molar-refractivity contribution in [1.29, 1.82) is 0 Å². The summed E-state index contributed by atoms with van der Waals surface area (Å²) in [6, 6.07) is 4.40. The molecule has 0 aliphatic carbocycles. The average Bonchev–Trinajstić information content (AvgIpc) is 2.85. The third-order valence-electron chi connectivity index (χ3n) is 3.46. The van der Waals surface area contributed by atoms with E-state index in [1.807, 2.05) is 20.8 Å². The molecule has 2 N–H and O–H groups in total. The summed E-state index contributed by atoms with van der Waals surface area (Å²) in [6.07, 6.45) is 2.81. The highest BCUT2D eigenvalue weighted by Crippen LogP contribution is 2.33. The van der Waals surface area contributed by atoms with E-state index >= 15 is 0 Å². The van der Waals surface area contributed by atoms with Crippen LogP contribution in [0.25, 0.3) is 17.3 Å². The quantitative estimate of drug-likeness (QED) is 0.649. The van der Waals surface area contributed by atoms with Crippen LogP contribution in [-0.2, 0) is 15.1 Å². The van der Waals surface area contributed by atoms with Crippen molar-refractivity contribution in [3.8, 4) is 11.3 Å². The van der Waals surface area contributed by atoms with Gasteiger partial charge in [-0.2, -0.15) is 5.10 Å². The lowest BCUT2D eigenvalue weighted by Crippen LogP contribution is -2.24. The molecule has 0 spiro atoms. The van der Waals surface area contributed by atoms with E-state index in [0.29, 0.717) is 22.6 Å². The Kier molecular flexibility index (Phi) is 5.52. The van der Waals surface area contributed by atoms with E-state index in [1.165, 1.54) is 24.3 Å². The minimum atomic E-state index is -0.552. The van der Waals surface area contributed by atoms with Crippen LogP contribution in [0.5, 0.6) is 0 Å². The third-order valence-corrected chi connectivity index (χ3v) is 3.77.